The van der Waals surface area contributed by atoms with Gasteiger partial charge in [-0.15, -0.1) is 0 Å². The predicted octanol–water partition coefficient (Wildman–Crippen LogP) is 4.20. The molecule has 0 saturated heterocycles. The standard InChI is InChI=1S/C16H20ClN3/c1-11(2)14-15(17)18-10-19-16(14)20(4)9-13-7-5-12(3)6-8-13/h5-8,10-11H,9H2,1-4H3. The van der Waals surface area contributed by atoms with Crippen molar-refractivity contribution < 1.29 is 0 Å². The monoisotopic (exact) mass is 289 g/mol. The maximum absolute atomic E-state index is 6.21. The third-order valence-corrected chi connectivity index (χ3v) is 3.59. The number of halogens is 1. The van der Waals surface area contributed by atoms with Crippen LogP contribution in [0.1, 0.15) is 36.5 Å². The van der Waals surface area contributed by atoms with Gasteiger partial charge in [0, 0.05) is 19.2 Å². The summed E-state index contributed by atoms with van der Waals surface area (Å²) in [6.45, 7) is 7.10. The van der Waals surface area contributed by atoms with Crippen LogP contribution < -0.4 is 4.90 Å². The highest BCUT2D eigenvalue weighted by atomic mass is 35.5. The van der Waals surface area contributed by atoms with Crippen LogP contribution in [0.15, 0.2) is 30.6 Å². The van der Waals surface area contributed by atoms with E-state index in [1.165, 1.54) is 17.5 Å². The largest absolute Gasteiger partial charge is 0.355 e. The number of rotatable bonds is 4. The van der Waals surface area contributed by atoms with Crippen LogP contribution in [0.2, 0.25) is 5.15 Å². The summed E-state index contributed by atoms with van der Waals surface area (Å²) in [6.07, 6.45) is 1.52. The first-order valence-corrected chi connectivity index (χ1v) is 7.14. The summed E-state index contributed by atoms with van der Waals surface area (Å²) in [6, 6.07) is 8.53. The maximum Gasteiger partial charge on any atom is 0.138 e. The van der Waals surface area contributed by atoms with Crippen molar-refractivity contribution in [3.05, 3.63) is 52.4 Å². The second-order valence-electron chi connectivity index (χ2n) is 5.40. The van der Waals surface area contributed by atoms with E-state index in [0.717, 1.165) is 17.9 Å². The average molecular weight is 290 g/mol. The number of hydrogen-bond acceptors (Lipinski definition) is 3. The third kappa shape index (κ3) is 3.28. The van der Waals surface area contributed by atoms with E-state index in [9.17, 15) is 0 Å². The topological polar surface area (TPSA) is 29.0 Å². The van der Waals surface area contributed by atoms with Crippen LogP contribution in [0.4, 0.5) is 5.82 Å². The molecular formula is C16H20ClN3. The molecule has 1 aromatic carbocycles. The second-order valence-corrected chi connectivity index (χ2v) is 5.76. The molecule has 0 amide bonds. The van der Waals surface area contributed by atoms with Gasteiger partial charge in [-0.3, -0.25) is 0 Å². The molecule has 0 fully saturated rings. The highest BCUT2D eigenvalue weighted by molar-refractivity contribution is 6.30. The molecule has 1 heterocycles. The van der Waals surface area contributed by atoms with E-state index in [4.69, 9.17) is 11.6 Å². The Kier molecular flexibility index (Phi) is 4.61. The molecule has 106 valence electrons. The second kappa shape index (κ2) is 6.23. The van der Waals surface area contributed by atoms with Gasteiger partial charge < -0.3 is 4.90 Å². The summed E-state index contributed by atoms with van der Waals surface area (Å²) in [4.78, 5) is 10.6. The first-order valence-electron chi connectivity index (χ1n) is 6.76. The summed E-state index contributed by atoms with van der Waals surface area (Å²) in [5.41, 5.74) is 3.52. The molecule has 2 aromatic rings. The van der Waals surface area contributed by atoms with E-state index in [1.807, 2.05) is 7.05 Å². The van der Waals surface area contributed by atoms with Gasteiger partial charge in [-0.05, 0) is 18.4 Å². The van der Waals surface area contributed by atoms with Crippen LogP contribution in [-0.4, -0.2) is 17.0 Å². The summed E-state index contributed by atoms with van der Waals surface area (Å²) in [5, 5.41) is 0.542. The molecule has 20 heavy (non-hydrogen) atoms. The minimum Gasteiger partial charge on any atom is -0.355 e. The van der Waals surface area contributed by atoms with Crippen molar-refractivity contribution in [3.8, 4) is 0 Å². The van der Waals surface area contributed by atoms with Crippen LogP contribution in [0.3, 0.4) is 0 Å². The fourth-order valence-corrected chi connectivity index (χ4v) is 2.55. The summed E-state index contributed by atoms with van der Waals surface area (Å²) in [7, 11) is 2.03. The van der Waals surface area contributed by atoms with Gasteiger partial charge >= 0.3 is 0 Å². The SMILES string of the molecule is Cc1ccc(CN(C)c2ncnc(Cl)c2C(C)C)cc1. The van der Waals surface area contributed by atoms with Gasteiger partial charge in [0.2, 0.25) is 0 Å². The van der Waals surface area contributed by atoms with Crippen molar-refractivity contribution in [1.29, 1.82) is 0 Å². The van der Waals surface area contributed by atoms with Crippen molar-refractivity contribution in [1.82, 2.24) is 9.97 Å². The molecule has 0 aliphatic rings. The van der Waals surface area contributed by atoms with E-state index in [0.29, 0.717) is 11.1 Å². The zero-order valence-corrected chi connectivity index (χ0v) is 13.1. The van der Waals surface area contributed by atoms with E-state index in [1.54, 1.807) is 0 Å². The van der Waals surface area contributed by atoms with Crippen molar-refractivity contribution in [2.75, 3.05) is 11.9 Å². The Hall–Kier alpha value is -1.61. The molecule has 0 spiro atoms. The first kappa shape index (κ1) is 14.8. The number of hydrogen-bond donors (Lipinski definition) is 0. The first-order chi connectivity index (χ1) is 9.49. The molecular weight excluding hydrogens is 270 g/mol. The Morgan fingerprint density at radius 2 is 1.80 bits per heavy atom. The lowest BCUT2D eigenvalue weighted by Crippen LogP contribution is -2.20. The summed E-state index contributed by atoms with van der Waals surface area (Å²) >= 11 is 6.21. The van der Waals surface area contributed by atoms with Crippen LogP contribution in [0, 0.1) is 6.92 Å². The molecule has 0 saturated carbocycles. The lowest BCUT2D eigenvalue weighted by molar-refractivity contribution is 0.808. The Labute approximate surface area is 125 Å². The molecule has 0 N–H and O–H groups in total. The molecule has 3 nitrogen and oxygen atoms in total. The van der Waals surface area contributed by atoms with E-state index < -0.39 is 0 Å². The van der Waals surface area contributed by atoms with Crippen LogP contribution in [0.5, 0.6) is 0 Å². The van der Waals surface area contributed by atoms with Crippen molar-refractivity contribution in [2.45, 2.75) is 33.2 Å². The average Bonchev–Trinajstić information content (AvgIpc) is 2.40. The summed E-state index contributed by atoms with van der Waals surface area (Å²) < 4.78 is 0. The zero-order chi connectivity index (χ0) is 14.7. The lowest BCUT2D eigenvalue weighted by atomic mass is 10.1. The molecule has 2 rings (SSSR count). The molecule has 0 aliphatic carbocycles. The Balaban J connectivity index is 2.27. The minimum absolute atomic E-state index is 0.291. The van der Waals surface area contributed by atoms with Gasteiger partial charge in [0.1, 0.15) is 17.3 Å². The fraction of sp³-hybridized carbons (Fsp3) is 0.375. The molecule has 1 aromatic heterocycles. The van der Waals surface area contributed by atoms with Crippen molar-refractivity contribution in [2.24, 2.45) is 0 Å². The highest BCUT2D eigenvalue weighted by Crippen LogP contribution is 2.30. The van der Waals surface area contributed by atoms with Gasteiger partial charge in [-0.2, -0.15) is 0 Å². The van der Waals surface area contributed by atoms with Gasteiger partial charge in [-0.1, -0.05) is 55.3 Å². The minimum atomic E-state index is 0.291. The van der Waals surface area contributed by atoms with Gasteiger partial charge in [0.05, 0.1) is 0 Å². The predicted molar refractivity (Wildman–Crippen MR) is 84.4 cm³/mol. The zero-order valence-electron chi connectivity index (χ0n) is 12.4. The Bertz CT molecular complexity index is 579. The van der Waals surface area contributed by atoms with Gasteiger partial charge in [-0.25, -0.2) is 9.97 Å². The fourth-order valence-electron chi connectivity index (χ4n) is 2.21. The normalized spacial score (nSPS) is 10.9. The lowest BCUT2D eigenvalue weighted by Gasteiger charge is -2.23. The van der Waals surface area contributed by atoms with Crippen molar-refractivity contribution in [3.63, 3.8) is 0 Å². The van der Waals surface area contributed by atoms with Gasteiger partial charge in [0.25, 0.3) is 0 Å². The molecule has 0 atom stereocenters. The van der Waals surface area contributed by atoms with Crippen molar-refractivity contribution >= 4 is 17.4 Å². The van der Waals surface area contributed by atoms with E-state index in [2.05, 4.69) is 59.9 Å². The molecule has 0 aliphatic heterocycles. The Morgan fingerprint density at radius 3 is 2.40 bits per heavy atom. The molecule has 0 unspecified atom stereocenters. The molecule has 4 heteroatoms. The smallest absolute Gasteiger partial charge is 0.138 e. The Morgan fingerprint density at radius 1 is 1.15 bits per heavy atom. The quantitative estimate of drug-likeness (QED) is 0.790. The number of anilines is 1. The highest BCUT2D eigenvalue weighted by Gasteiger charge is 2.16. The van der Waals surface area contributed by atoms with Gasteiger partial charge in [0.15, 0.2) is 0 Å². The van der Waals surface area contributed by atoms with E-state index >= 15 is 0 Å². The van der Waals surface area contributed by atoms with E-state index in [-0.39, 0.29) is 0 Å². The summed E-state index contributed by atoms with van der Waals surface area (Å²) in [5.74, 6) is 1.19. The number of aromatic nitrogens is 2. The van der Waals surface area contributed by atoms with Crippen LogP contribution >= 0.6 is 11.6 Å². The molecule has 0 radical (unpaired) electrons. The van der Waals surface area contributed by atoms with Crippen LogP contribution in [-0.2, 0) is 6.54 Å². The van der Waals surface area contributed by atoms with Crippen LogP contribution in [0.25, 0.3) is 0 Å². The maximum atomic E-state index is 6.21. The number of nitrogens with zero attached hydrogens (tertiary/aromatic N) is 3. The molecule has 0 bridgehead atoms. The third-order valence-electron chi connectivity index (χ3n) is 3.29. The number of aryl methyl sites for hydroxylation is 1. The number of benzene rings is 1.